The Hall–Kier alpha value is -3.08. The highest BCUT2D eigenvalue weighted by atomic mass is 16.5. The Morgan fingerprint density at radius 2 is 1.80 bits per heavy atom. The van der Waals surface area contributed by atoms with Gasteiger partial charge in [-0.05, 0) is 26.0 Å². The molecule has 0 spiro atoms. The van der Waals surface area contributed by atoms with Gasteiger partial charge in [0.05, 0.1) is 12.3 Å². The van der Waals surface area contributed by atoms with E-state index in [9.17, 15) is 5.11 Å². The molecule has 0 unspecified atom stereocenters. The van der Waals surface area contributed by atoms with Gasteiger partial charge in [0.1, 0.15) is 17.3 Å². The maximum atomic E-state index is 10.4. The normalized spacial score (nSPS) is 10.5. The summed E-state index contributed by atoms with van der Waals surface area (Å²) < 4.78 is 5.43. The van der Waals surface area contributed by atoms with Crippen molar-refractivity contribution in [1.82, 2.24) is 9.97 Å². The minimum atomic E-state index is 0.131. The average molecular weight is 335 g/mol. The SMILES string of the molecule is CCNc1cc(-c2ccc(OCC)cc2O)nc(-c2ccccc2)n1. The summed E-state index contributed by atoms with van der Waals surface area (Å²) in [4.78, 5) is 9.21. The third-order valence-corrected chi connectivity index (χ3v) is 3.67. The fraction of sp³-hybridized carbons (Fsp3) is 0.200. The summed E-state index contributed by atoms with van der Waals surface area (Å²) in [5.41, 5.74) is 2.22. The molecule has 0 saturated heterocycles. The van der Waals surface area contributed by atoms with E-state index in [0.717, 1.165) is 17.9 Å². The van der Waals surface area contributed by atoms with Gasteiger partial charge in [-0.3, -0.25) is 0 Å². The van der Waals surface area contributed by atoms with Crippen molar-refractivity contribution in [2.24, 2.45) is 0 Å². The van der Waals surface area contributed by atoms with E-state index in [1.54, 1.807) is 6.07 Å². The van der Waals surface area contributed by atoms with Crippen molar-refractivity contribution in [2.75, 3.05) is 18.5 Å². The highest BCUT2D eigenvalue weighted by Gasteiger charge is 2.12. The average Bonchev–Trinajstić information content (AvgIpc) is 2.63. The van der Waals surface area contributed by atoms with Crippen LogP contribution in [0.25, 0.3) is 22.6 Å². The molecule has 128 valence electrons. The minimum Gasteiger partial charge on any atom is -0.507 e. The second-order valence-electron chi connectivity index (χ2n) is 5.47. The zero-order valence-corrected chi connectivity index (χ0v) is 14.4. The van der Waals surface area contributed by atoms with E-state index in [1.807, 2.05) is 62.4 Å². The standard InChI is InChI=1S/C20H21N3O2/c1-3-21-19-13-17(16-11-10-15(25-4-2)12-18(16)24)22-20(23-19)14-8-6-5-7-9-14/h5-13,24H,3-4H2,1-2H3,(H,21,22,23). The van der Waals surface area contributed by atoms with Crippen LogP contribution in [0.1, 0.15) is 13.8 Å². The zero-order valence-electron chi connectivity index (χ0n) is 14.4. The van der Waals surface area contributed by atoms with Gasteiger partial charge < -0.3 is 15.2 Å². The molecule has 3 rings (SSSR count). The molecule has 0 aliphatic rings. The number of aromatic nitrogens is 2. The van der Waals surface area contributed by atoms with E-state index >= 15 is 0 Å². The number of nitrogens with zero attached hydrogens (tertiary/aromatic N) is 2. The van der Waals surface area contributed by atoms with Gasteiger partial charge in [0, 0.05) is 29.8 Å². The van der Waals surface area contributed by atoms with E-state index in [0.29, 0.717) is 29.4 Å². The van der Waals surface area contributed by atoms with Gasteiger partial charge in [0.2, 0.25) is 0 Å². The van der Waals surface area contributed by atoms with Crippen molar-refractivity contribution in [3.8, 4) is 34.1 Å². The first kappa shape index (κ1) is 16.8. The van der Waals surface area contributed by atoms with E-state index in [4.69, 9.17) is 4.74 Å². The van der Waals surface area contributed by atoms with Crippen LogP contribution in [0.2, 0.25) is 0 Å². The number of anilines is 1. The van der Waals surface area contributed by atoms with Crippen molar-refractivity contribution < 1.29 is 9.84 Å². The Kier molecular flexibility index (Phi) is 5.14. The number of hydrogen-bond donors (Lipinski definition) is 2. The molecule has 0 radical (unpaired) electrons. The molecule has 2 N–H and O–H groups in total. The topological polar surface area (TPSA) is 67.3 Å². The Balaban J connectivity index is 2.08. The van der Waals surface area contributed by atoms with Gasteiger partial charge in [-0.1, -0.05) is 30.3 Å². The predicted octanol–water partition coefficient (Wildman–Crippen LogP) is 4.35. The molecule has 0 amide bonds. The smallest absolute Gasteiger partial charge is 0.162 e. The summed E-state index contributed by atoms with van der Waals surface area (Å²) >= 11 is 0. The molecule has 5 nitrogen and oxygen atoms in total. The second-order valence-corrected chi connectivity index (χ2v) is 5.47. The molecule has 0 aliphatic carbocycles. The van der Waals surface area contributed by atoms with Gasteiger partial charge in [0.15, 0.2) is 5.82 Å². The lowest BCUT2D eigenvalue weighted by Gasteiger charge is -2.11. The molecule has 5 heteroatoms. The van der Waals surface area contributed by atoms with Crippen LogP contribution in [-0.4, -0.2) is 28.2 Å². The maximum Gasteiger partial charge on any atom is 0.162 e. The zero-order chi connectivity index (χ0) is 17.6. The van der Waals surface area contributed by atoms with Crippen LogP contribution in [0, 0.1) is 0 Å². The van der Waals surface area contributed by atoms with Crippen molar-refractivity contribution in [3.05, 3.63) is 54.6 Å². The molecule has 0 bridgehead atoms. The first-order valence-electron chi connectivity index (χ1n) is 8.35. The molecular weight excluding hydrogens is 314 g/mol. The first-order valence-corrected chi connectivity index (χ1v) is 8.35. The lowest BCUT2D eigenvalue weighted by atomic mass is 10.1. The lowest BCUT2D eigenvalue weighted by Crippen LogP contribution is -2.02. The number of phenols is 1. The minimum absolute atomic E-state index is 0.131. The highest BCUT2D eigenvalue weighted by molar-refractivity contribution is 5.72. The van der Waals surface area contributed by atoms with Crippen LogP contribution in [0.3, 0.4) is 0 Å². The Labute approximate surface area is 147 Å². The maximum absolute atomic E-state index is 10.4. The van der Waals surface area contributed by atoms with E-state index in [1.165, 1.54) is 0 Å². The van der Waals surface area contributed by atoms with E-state index in [-0.39, 0.29) is 5.75 Å². The lowest BCUT2D eigenvalue weighted by molar-refractivity contribution is 0.338. The van der Waals surface area contributed by atoms with Gasteiger partial charge >= 0.3 is 0 Å². The summed E-state index contributed by atoms with van der Waals surface area (Å²) in [6, 6.07) is 16.9. The largest absolute Gasteiger partial charge is 0.507 e. The van der Waals surface area contributed by atoms with Gasteiger partial charge in [-0.25, -0.2) is 9.97 Å². The second kappa shape index (κ2) is 7.66. The van der Waals surface area contributed by atoms with E-state index < -0.39 is 0 Å². The summed E-state index contributed by atoms with van der Waals surface area (Å²) in [6.45, 7) is 5.22. The molecule has 3 aromatic rings. The highest BCUT2D eigenvalue weighted by Crippen LogP contribution is 2.33. The van der Waals surface area contributed by atoms with Crippen LogP contribution in [0.4, 0.5) is 5.82 Å². The van der Waals surface area contributed by atoms with Gasteiger partial charge in [0.25, 0.3) is 0 Å². The Morgan fingerprint density at radius 1 is 1.00 bits per heavy atom. The summed E-state index contributed by atoms with van der Waals surface area (Å²) in [7, 11) is 0. The number of ether oxygens (including phenoxy) is 1. The van der Waals surface area contributed by atoms with Crippen LogP contribution in [-0.2, 0) is 0 Å². The number of hydrogen-bond acceptors (Lipinski definition) is 5. The van der Waals surface area contributed by atoms with Crippen molar-refractivity contribution in [1.29, 1.82) is 0 Å². The molecule has 0 aliphatic heterocycles. The number of nitrogens with one attached hydrogen (secondary N) is 1. The summed E-state index contributed by atoms with van der Waals surface area (Å²) in [6.07, 6.45) is 0. The molecule has 0 saturated carbocycles. The summed E-state index contributed by atoms with van der Waals surface area (Å²) in [5.74, 6) is 2.10. The molecule has 25 heavy (non-hydrogen) atoms. The van der Waals surface area contributed by atoms with Crippen LogP contribution in [0.15, 0.2) is 54.6 Å². The van der Waals surface area contributed by atoms with Crippen molar-refractivity contribution in [2.45, 2.75) is 13.8 Å². The Bertz CT molecular complexity index is 851. The molecule has 0 fully saturated rings. The van der Waals surface area contributed by atoms with Crippen molar-refractivity contribution >= 4 is 5.82 Å². The first-order chi connectivity index (χ1) is 12.2. The number of aromatic hydroxyl groups is 1. The van der Waals surface area contributed by atoms with Gasteiger partial charge in [-0.15, -0.1) is 0 Å². The number of rotatable bonds is 6. The molecule has 2 aromatic carbocycles. The summed E-state index contributed by atoms with van der Waals surface area (Å²) in [5, 5.41) is 13.6. The van der Waals surface area contributed by atoms with Crippen LogP contribution in [0.5, 0.6) is 11.5 Å². The molecular formula is C20H21N3O2. The molecule has 1 heterocycles. The van der Waals surface area contributed by atoms with Crippen LogP contribution < -0.4 is 10.1 Å². The fourth-order valence-corrected chi connectivity index (χ4v) is 2.56. The Morgan fingerprint density at radius 3 is 2.48 bits per heavy atom. The van der Waals surface area contributed by atoms with E-state index in [2.05, 4.69) is 15.3 Å². The predicted molar refractivity (Wildman–Crippen MR) is 99.9 cm³/mol. The number of benzene rings is 2. The quantitative estimate of drug-likeness (QED) is 0.701. The third kappa shape index (κ3) is 3.88. The van der Waals surface area contributed by atoms with Crippen LogP contribution >= 0.6 is 0 Å². The molecule has 1 aromatic heterocycles. The van der Waals surface area contributed by atoms with Crippen molar-refractivity contribution in [3.63, 3.8) is 0 Å². The molecule has 0 atom stereocenters. The van der Waals surface area contributed by atoms with Gasteiger partial charge in [-0.2, -0.15) is 0 Å². The fourth-order valence-electron chi connectivity index (χ4n) is 2.56. The number of phenolic OH excluding ortho intramolecular Hbond substituents is 1. The third-order valence-electron chi connectivity index (χ3n) is 3.67. The monoisotopic (exact) mass is 335 g/mol.